The normalized spacial score (nSPS) is 28.0. The molecule has 5 heterocycles. The van der Waals surface area contributed by atoms with Gasteiger partial charge in [0.05, 0.1) is 18.4 Å². The van der Waals surface area contributed by atoms with Gasteiger partial charge in [-0.3, -0.25) is 14.5 Å². The molecule has 2 aliphatic carbocycles. The Balaban J connectivity index is 0.000000322. The van der Waals surface area contributed by atoms with E-state index in [2.05, 4.69) is 36.0 Å². The van der Waals surface area contributed by atoms with Crippen molar-refractivity contribution in [1.82, 2.24) is 30.1 Å². The molecule has 1 saturated heterocycles. The maximum absolute atomic E-state index is 13.5. The van der Waals surface area contributed by atoms with Crippen LogP contribution in [0.2, 0.25) is 5.02 Å². The lowest BCUT2D eigenvalue weighted by Gasteiger charge is -2.43. The van der Waals surface area contributed by atoms with E-state index in [0.717, 1.165) is 70.7 Å². The number of fused-ring (bicyclic) bond motifs is 4. The smallest absolute Gasteiger partial charge is 0.283 e. The van der Waals surface area contributed by atoms with Gasteiger partial charge in [0, 0.05) is 76.3 Å². The molecular formula is C41H54ClN7O7S. The molecule has 57 heavy (non-hydrogen) atoms. The van der Waals surface area contributed by atoms with Crippen molar-refractivity contribution in [2.75, 3.05) is 64.5 Å². The maximum Gasteiger partial charge on any atom is 0.283 e. The Kier molecular flexibility index (Phi) is 13.0. The van der Waals surface area contributed by atoms with E-state index in [-0.39, 0.29) is 47.7 Å². The van der Waals surface area contributed by atoms with Crippen LogP contribution >= 0.6 is 11.6 Å². The van der Waals surface area contributed by atoms with Crippen LogP contribution in [0, 0.1) is 24.7 Å². The molecule has 16 heteroatoms. The summed E-state index contributed by atoms with van der Waals surface area (Å²) in [5.41, 5.74) is 2.08. The Bertz CT molecular complexity index is 2060. The molecule has 5 aliphatic rings. The van der Waals surface area contributed by atoms with Crippen LogP contribution in [0.15, 0.2) is 47.0 Å². The van der Waals surface area contributed by atoms with Crippen molar-refractivity contribution in [2.45, 2.75) is 76.0 Å². The molecular weight excluding hydrogens is 770 g/mol. The first kappa shape index (κ1) is 41.3. The number of aromatic nitrogens is 3. The molecule has 2 aromatic heterocycles. The number of carbonyl (C=O) groups is 2. The molecule has 14 nitrogen and oxygen atoms in total. The summed E-state index contributed by atoms with van der Waals surface area (Å²) < 4.78 is 45.9. The van der Waals surface area contributed by atoms with Gasteiger partial charge >= 0.3 is 0 Å². The highest BCUT2D eigenvalue weighted by Crippen LogP contribution is 2.45. The molecule has 1 saturated carbocycles. The van der Waals surface area contributed by atoms with Crippen molar-refractivity contribution < 1.29 is 32.0 Å². The summed E-state index contributed by atoms with van der Waals surface area (Å²) in [6, 6.07) is 9.30. The first-order valence-corrected chi connectivity index (χ1v) is 22.0. The number of rotatable bonds is 5. The number of nitrogens with zero attached hydrogens (tertiary/aromatic N) is 5. The zero-order valence-corrected chi connectivity index (χ0v) is 34.6. The summed E-state index contributed by atoms with van der Waals surface area (Å²) in [6.07, 6.45) is 8.57. The predicted octanol–water partition coefficient (Wildman–Crippen LogP) is 4.65. The van der Waals surface area contributed by atoms with Gasteiger partial charge in [-0.2, -0.15) is 4.98 Å². The van der Waals surface area contributed by atoms with Crippen LogP contribution in [0.1, 0.15) is 78.8 Å². The van der Waals surface area contributed by atoms with E-state index < -0.39 is 21.2 Å². The van der Waals surface area contributed by atoms with Crippen LogP contribution < -0.4 is 19.7 Å². The highest BCUT2D eigenvalue weighted by molar-refractivity contribution is 7.90. The average molecular weight is 824 g/mol. The van der Waals surface area contributed by atoms with E-state index in [1.54, 1.807) is 18.2 Å². The van der Waals surface area contributed by atoms with Crippen molar-refractivity contribution in [2.24, 2.45) is 17.8 Å². The second-order valence-electron chi connectivity index (χ2n) is 16.1. The van der Waals surface area contributed by atoms with Crippen LogP contribution in [0.3, 0.4) is 0 Å². The van der Waals surface area contributed by atoms with E-state index >= 15 is 0 Å². The third kappa shape index (κ3) is 9.54. The van der Waals surface area contributed by atoms with Crippen LogP contribution in [0.5, 0.6) is 5.75 Å². The number of ether oxygens (including phenoxy) is 2. The number of amides is 1. The van der Waals surface area contributed by atoms with Gasteiger partial charge in [0.15, 0.2) is 23.2 Å². The number of allylic oxidation sites excluding steroid dienone is 2. The van der Waals surface area contributed by atoms with Crippen molar-refractivity contribution in [3.63, 3.8) is 0 Å². The van der Waals surface area contributed by atoms with Crippen molar-refractivity contribution in [3.8, 4) is 5.75 Å². The fraction of sp³-hybridized carbons (Fsp3) is 0.585. The van der Waals surface area contributed by atoms with E-state index in [4.69, 9.17) is 30.6 Å². The number of halogens is 1. The van der Waals surface area contributed by atoms with Crippen molar-refractivity contribution in [3.05, 3.63) is 76.0 Å². The van der Waals surface area contributed by atoms with Gasteiger partial charge in [-0.25, -0.2) is 18.1 Å². The maximum atomic E-state index is 13.5. The molecule has 308 valence electrons. The second kappa shape index (κ2) is 17.9. The quantitative estimate of drug-likeness (QED) is 0.365. The zero-order valence-electron chi connectivity index (χ0n) is 33.0. The minimum atomic E-state index is -4.09. The standard InChI is InChI=1S/C33H40ClN3O6S.C8H14N4O/c1-21-5-3-7-28(38)25-10-8-23(25)18-37-19-33(15-4-6-22-17-24(34)9-11-26(22)33)20-43-29-13-12-27(35-31(29)37)32(39)36-44(40,41)30(21)14-16-42-2;1-7-10-8(11-13-7)6-12-4-2-9-3-5-12/h3,7,9,11-13,17,21,23,25,30H,4-6,8,10,14-16,18-20H2,1-2H3,(H,36,39);9H,2-6H2,1H3/b7-3+;/t21-,23-,25+,30+,33-;/m0./s1. The Morgan fingerprint density at radius 1 is 1.11 bits per heavy atom. The lowest BCUT2D eigenvalue weighted by Crippen LogP contribution is -2.49. The summed E-state index contributed by atoms with van der Waals surface area (Å²) in [6.45, 7) is 10.5. The fourth-order valence-corrected chi connectivity index (χ4v) is 10.8. The van der Waals surface area contributed by atoms with Crippen molar-refractivity contribution >= 4 is 39.1 Å². The van der Waals surface area contributed by atoms with Crippen LogP contribution in [-0.2, 0) is 37.9 Å². The van der Waals surface area contributed by atoms with Gasteiger partial charge in [0.25, 0.3) is 5.91 Å². The van der Waals surface area contributed by atoms with Crippen LogP contribution in [0.4, 0.5) is 5.82 Å². The Labute approximate surface area is 340 Å². The molecule has 0 radical (unpaired) electrons. The Morgan fingerprint density at radius 3 is 2.67 bits per heavy atom. The number of anilines is 1. The number of aryl methyl sites for hydroxylation is 2. The summed E-state index contributed by atoms with van der Waals surface area (Å²) in [4.78, 5) is 40.2. The number of sulfonamides is 1. The summed E-state index contributed by atoms with van der Waals surface area (Å²) in [5.74, 6) is 1.43. The molecule has 2 N–H and O–H groups in total. The minimum absolute atomic E-state index is 0.000860. The summed E-state index contributed by atoms with van der Waals surface area (Å²) >= 11 is 6.38. The topological polar surface area (TPSA) is 169 Å². The average Bonchev–Trinajstić information content (AvgIpc) is 3.52. The van der Waals surface area contributed by atoms with Gasteiger partial charge in [0.2, 0.25) is 15.9 Å². The number of ketones is 1. The molecule has 2 bridgehead atoms. The molecule has 0 unspecified atom stereocenters. The number of methoxy groups -OCH3 is 1. The zero-order chi connectivity index (χ0) is 40.2. The molecule has 3 aromatic rings. The van der Waals surface area contributed by atoms with Gasteiger partial charge in [-0.15, -0.1) is 0 Å². The monoisotopic (exact) mass is 823 g/mol. The molecule has 3 aliphatic heterocycles. The number of hydrogen-bond donors (Lipinski definition) is 2. The van der Waals surface area contributed by atoms with Crippen LogP contribution in [0.25, 0.3) is 0 Å². The third-order valence-electron chi connectivity index (χ3n) is 12.2. The Morgan fingerprint density at radius 2 is 1.93 bits per heavy atom. The van der Waals surface area contributed by atoms with E-state index in [1.165, 1.54) is 24.3 Å². The van der Waals surface area contributed by atoms with E-state index in [9.17, 15) is 18.0 Å². The number of carbonyl (C=O) groups excluding carboxylic acids is 2. The molecule has 1 aromatic carbocycles. The predicted molar refractivity (Wildman–Crippen MR) is 216 cm³/mol. The fourth-order valence-electron chi connectivity index (χ4n) is 8.94. The SMILES string of the molecule is COCC[C@@H]1[C@@H](C)C/C=C/C(=O)[C@@H]2CC[C@H]2CN2C[C@@]3(CCCc4cc(Cl)ccc43)COc3ccc(nc32)C(=O)NS1(=O)=O.Cc1nc(CN2CCNCC2)no1. The highest BCUT2D eigenvalue weighted by Gasteiger charge is 2.45. The van der Waals surface area contributed by atoms with Crippen LogP contribution in [-0.4, -0.2) is 105 Å². The van der Waals surface area contributed by atoms with Gasteiger partial charge < -0.3 is 24.2 Å². The largest absolute Gasteiger partial charge is 0.489 e. The first-order valence-electron chi connectivity index (χ1n) is 20.1. The number of benzene rings is 1. The molecule has 1 amide bonds. The van der Waals surface area contributed by atoms with Gasteiger partial charge in [0.1, 0.15) is 5.69 Å². The second-order valence-corrected chi connectivity index (χ2v) is 18.5. The molecule has 8 rings (SSSR count). The lowest BCUT2D eigenvalue weighted by molar-refractivity contribution is -0.122. The Hall–Kier alpha value is -3.89. The molecule has 5 atom stereocenters. The minimum Gasteiger partial charge on any atom is -0.489 e. The van der Waals surface area contributed by atoms with Crippen molar-refractivity contribution in [1.29, 1.82) is 0 Å². The highest BCUT2D eigenvalue weighted by atomic mass is 35.5. The molecule has 1 spiro atoms. The third-order valence-corrected chi connectivity index (χ3v) is 14.4. The van der Waals surface area contributed by atoms with E-state index in [1.807, 2.05) is 26.0 Å². The first-order chi connectivity index (χ1) is 27.4. The summed E-state index contributed by atoms with van der Waals surface area (Å²) in [5, 5.41) is 6.98. The van der Waals surface area contributed by atoms with E-state index in [0.29, 0.717) is 48.6 Å². The number of piperazine rings is 1. The van der Waals surface area contributed by atoms with Gasteiger partial charge in [-0.05, 0) is 98.2 Å². The number of hydrogen-bond acceptors (Lipinski definition) is 13. The number of nitrogens with one attached hydrogen (secondary N) is 2. The number of pyridine rings is 1. The van der Waals surface area contributed by atoms with Gasteiger partial charge in [-0.1, -0.05) is 35.8 Å². The summed E-state index contributed by atoms with van der Waals surface area (Å²) in [7, 11) is -2.58. The lowest BCUT2D eigenvalue weighted by atomic mass is 9.69. The molecule has 2 fully saturated rings.